The lowest BCUT2D eigenvalue weighted by Crippen LogP contribution is -2.48. The SMILES string of the molecule is COc1nn(-c2ccc(C(F)(F)F)nc2)cc1CNC(=O)[C@@H]1[C@@H](F)CCN1C(=O)O. The van der Waals surface area contributed by atoms with E-state index >= 15 is 0 Å². The predicted octanol–water partition coefficient (Wildman–Crippen LogP) is 2.00. The van der Waals surface area contributed by atoms with Crippen LogP contribution in [0.2, 0.25) is 0 Å². The van der Waals surface area contributed by atoms with E-state index in [2.05, 4.69) is 15.4 Å². The van der Waals surface area contributed by atoms with Gasteiger partial charge < -0.3 is 15.2 Å². The van der Waals surface area contributed by atoms with E-state index in [1.165, 1.54) is 24.1 Å². The van der Waals surface area contributed by atoms with Gasteiger partial charge in [-0.05, 0) is 18.6 Å². The number of amides is 2. The molecule has 2 aromatic heterocycles. The molecule has 0 aliphatic carbocycles. The summed E-state index contributed by atoms with van der Waals surface area (Å²) >= 11 is 0. The summed E-state index contributed by atoms with van der Waals surface area (Å²) in [5, 5.41) is 15.6. The van der Waals surface area contributed by atoms with Gasteiger partial charge in [-0.15, -0.1) is 5.10 Å². The summed E-state index contributed by atoms with van der Waals surface area (Å²) in [7, 11) is 1.31. The fourth-order valence-corrected chi connectivity index (χ4v) is 3.07. The zero-order chi connectivity index (χ0) is 22.1. The Morgan fingerprint density at radius 1 is 1.37 bits per heavy atom. The minimum absolute atomic E-state index is 0.0768. The van der Waals surface area contributed by atoms with Gasteiger partial charge in [-0.2, -0.15) is 13.2 Å². The van der Waals surface area contributed by atoms with Gasteiger partial charge in [-0.3, -0.25) is 9.69 Å². The Morgan fingerprint density at radius 2 is 2.10 bits per heavy atom. The molecular weight excluding hydrogens is 414 g/mol. The van der Waals surface area contributed by atoms with Crippen molar-refractivity contribution in [3.8, 4) is 11.6 Å². The van der Waals surface area contributed by atoms with Crippen LogP contribution in [-0.4, -0.2) is 62.6 Å². The number of ether oxygens (including phenoxy) is 1. The largest absolute Gasteiger partial charge is 0.480 e. The molecule has 0 spiro atoms. The Hall–Kier alpha value is -3.38. The number of carboxylic acid groups (broad SMARTS) is 1. The maximum Gasteiger partial charge on any atom is 0.433 e. The topological polar surface area (TPSA) is 110 Å². The molecular formula is C17H17F4N5O4. The van der Waals surface area contributed by atoms with Crippen LogP contribution in [0.4, 0.5) is 22.4 Å². The first kappa shape index (κ1) is 21.3. The molecule has 0 unspecified atom stereocenters. The summed E-state index contributed by atoms with van der Waals surface area (Å²) in [6, 6.07) is 0.511. The van der Waals surface area contributed by atoms with Crippen LogP contribution in [0.5, 0.6) is 5.88 Å². The Balaban J connectivity index is 1.74. The third kappa shape index (κ3) is 4.28. The summed E-state index contributed by atoms with van der Waals surface area (Å²) in [4.78, 5) is 27.5. The van der Waals surface area contributed by atoms with Gasteiger partial charge >= 0.3 is 12.3 Å². The van der Waals surface area contributed by atoms with E-state index in [-0.39, 0.29) is 31.1 Å². The summed E-state index contributed by atoms with van der Waals surface area (Å²) < 4.78 is 58.2. The van der Waals surface area contributed by atoms with Gasteiger partial charge in [-0.25, -0.2) is 18.9 Å². The number of carbonyl (C=O) groups excluding carboxylic acids is 1. The van der Waals surface area contributed by atoms with Crippen molar-refractivity contribution in [3.63, 3.8) is 0 Å². The number of halogens is 4. The third-order valence-corrected chi connectivity index (χ3v) is 4.54. The first-order chi connectivity index (χ1) is 14.1. The van der Waals surface area contributed by atoms with E-state index in [0.717, 1.165) is 17.2 Å². The molecule has 0 bridgehead atoms. The van der Waals surface area contributed by atoms with Crippen LogP contribution in [0.15, 0.2) is 24.5 Å². The van der Waals surface area contributed by atoms with Crippen molar-refractivity contribution in [1.29, 1.82) is 0 Å². The molecule has 162 valence electrons. The van der Waals surface area contributed by atoms with Gasteiger partial charge in [0.1, 0.15) is 17.9 Å². The zero-order valence-corrected chi connectivity index (χ0v) is 15.6. The summed E-state index contributed by atoms with van der Waals surface area (Å²) in [6.45, 7) is -0.247. The highest BCUT2D eigenvalue weighted by Gasteiger charge is 2.42. The second kappa shape index (κ2) is 8.16. The van der Waals surface area contributed by atoms with Gasteiger partial charge in [0, 0.05) is 19.3 Å². The highest BCUT2D eigenvalue weighted by atomic mass is 19.4. The lowest BCUT2D eigenvalue weighted by atomic mass is 10.1. The van der Waals surface area contributed by atoms with Crippen molar-refractivity contribution in [3.05, 3.63) is 35.8 Å². The number of carbonyl (C=O) groups is 2. The summed E-state index contributed by atoms with van der Waals surface area (Å²) in [6.07, 6.45) is -5.28. The van der Waals surface area contributed by atoms with E-state index in [4.69, 9.17) is 9.84 Å². The quantitative estimate of drug-likeness (QED) is 0.701. The van der Waals surface area contributed by atoms with Gasteiger partial charge in [0.25, 0.3) is 0 Å². The van der Waals surface area contributed by atoms with Crippen LogP contribution < -0.4 is 10.1 Å². The third-order valence-electron chi connectivity index (χ3n) is 4.54. The first-order valence-corrected chi connectivity index (χ1v) is 8.69. The van der Waals surface area contributed by atoms with Crippen LogP contribution in [0.3, 0.4) is 0 Å². The number of methoxy groups -OCH3 is 1. The number of hydrogen-bond donors (Lipinski definition) is 2. The van der Waals surface area contributed by atoms with Gasteiger partial charge in [0.05, 0.1) is 24.6 Å². The Kier molecular flexibility index (Phi) is 5.80. The van der Waals surface area contributed by atoms with Gasteiger partial charge in [0.2, 0.25) is 11.8 Å². The molecule has 9 nitrogen and oxygen atoms in total. The molecule has 1 aliphatic heterocycles. The van der Waals surface area contributed by atoms with Crippen LogP contribution >= 0.6 is 0 Å². The van der Waals surface area contributed by atoms with Crippen molar-refractivity contribution in [2.24, 2.45) is 0 Å². The van der Waals surface area contributed by atoms with E-state index in [9.17, 15) is 27.2 Å². The minimum atomic E-state index is -4.58. The lowest BCUT2D eigenvalue weighted by Gasteiger charge is -2.21. The minimum Gasteiger partial charge on any atom is -0.480 e. The highest BCUT2D eigenvalue weighted by molar-refractivity contribution is 5.86. The monoisotopic (exact) mass is 431 g/mol. The van der Waals surface area contributed by atoms with Crippen molar-refractivity contribution in [2.45, 2.75) is 31.4 Å². The van der Waals surface area contributed by atoms with Crippen molar-refractivity contribution in [1.82, 2.24) is 25.0 Å². The molecule has 13 heteroatoms. The van der Waals surface area contributed by atoms with Gasteiger partial charge in [0.15, 0.2) is 0 Å². The standard InChI is InChI=1S/C17H17F4N5O4/c1-30-15-9(6-23-14(27)13-11(18)4-5-25(13)16(28)29)8-26(24-15)10-2-3-12(22-7-10)17(19,20)21/h2-3,7-8,11,13H,4-6H2,1H3,(H,23,27)(H,28,29)/t11-,13-/m0/s1. The molecule has 1 fully saturated rings. The Labute approximate surface area is 167 Å². The summed E-state index contributed by atoms with van der Waals surface area (Å²) in [5.41, 5.74) is -0.491. The van der Waals surface area contributed by atoms with Crippen molar-refractivity contribution in [2.75, 3.05) is 13.7 Å². The van der Waals surface area contributed by atoms with Crippen molar-refractivity contribution < 1.29 is 37.0 Å². The molecule has 2 N–H and O–H groups in total. The molecule has 1 saturated heterocycles. The number of aromatic nitrogens is 3. The second-order valence-corrected chi connectivity index (χ2v) is 6.45. The van der Waals surface area contributed by atoms with Crippen LogP contribution in [0.25, 0.3) is 5.69 Å². The maximum atomic E-state index is 14.0. The normalized spacial score (nSPS) is 19.0. The van der Waals surface area contributed by atoms with E-state index in [1.807, 2.05) is 0 Å². The fourth-order valence-electron chi connectivity index (χ4n) is 3.07. The molecule has 3 rings (SSSR count). The molecule has 0 saturated carbocycles. The van der Waals surface area contributed by atoms with Crippen LogP contribution in [0.1, 0.15) is 17.7 Å². The molecule has 0 radical (unpaired) electrons. The van der Waals surface area contributed by atoms with Crippen molar-refractivity contribution >= 4 is 12.0 Å². The number of nitrogens with one attached hydrogen (secondary N) is 1. The molecule has 0 aromatic carbocycles. The smallest absolute Gasteiger partial charge is 0.433 e. The first-order valence-electron chi connectivity index (χ1n) is 8.69. The van der Waals surface area contributed by atoms with E-state index in [1.54, 1.807) is 0 Å². The second-order valence-electron chi connectivity index (χ2n) is 6.45. The predicted molar refractivity (Wildman–Crippen MR) is 92.8 cm³/mol. The fraction of sp³-hybridized carbons (Fsp3) is 0.412. The van der Waals surface area contributed by atoms with Gasteiger partial charge in [-0.1, -0.05) is 0 Å². The molecule has 2 amide bonds. The Bertz CT molecular complexity index is 931. The van der Waals surface area contributed by atoms with E-state index < -0.39 is 36.1 Å². The molecule has 3 heterocycles. The highest BCUT2D eigenvalue weighted by Crippen LogP contribution is 2.28. The number of alkyl halides is 4. The number of likely N-dealkylation sites (tertiary alicyclic amines) is 1. The molecule has 1 aliphatic rings. The molecule has 2 atom stereocenters. The zero-order valence-electron chi connectivity index (χ0n) is 15.6. The molecule has 30 heavy (non-hydrogen) atoms. The number of hydrogen-bond acceptors (Lipinski definition) is 5. The average molecular weight is 431 g/mol. The van der Waals surface area contributed by atoms with Crippen LogP contribution in [-0.2, 0) is 17.5 Å². The van der Waals surface area contributed by atoms with Crippen LogP contribution in [0, 0.1) is 0 Å². The van der Waals surface area contributed by atoms with E-state index in [0.29, 0.717) is 5.56 Å². The molecule has 2 aromatic rings. The Morgan fingerprint density at radius 3 is 2.67 bits per heavy atom. The lowest BCUT2D eigenvalue weighted by molar-refractivity contribution is -0.141. The summed E-state index contributed by atoms with van der Waals surface area (Å²) in [5.74, 6) is -0.734. The average Bonchev–Trinajstić information content (AvgIpc) is 3.29. The number of pyridine rings is 1. The number of rotatable bonds is 5. The maximum absolute atomic E-state index is 14.0. The number of nitrogens with zero attached hydrogens (tertiary/aromatic N) is 4.